The molecule has 2 aromatic rings. The van der Waals surface area contributed by atoms with E-state index in [1.165, 1.54) is 0 Å². The Labute approximate surface area is 92.4 Å². The first-order valence-electron chi connectivity index (χ1n) is 4.88. The molecule has 0 bridgehead atoms. The Kier molecular flexibility index (Phi) is 3.18. The van der Waals surface area contributed by atoms with Crippen LogP contribution in [-0.4, -0.2) is 10.1 Å². The zero-order valence-electron chi connectivity index (χ0n) is 8.56. The Hall–Kier alpha value is -1.13. The minimum absolute atomic E-state index is 0.0876. The number of aryl methyl sites for hydroxylation is 3. The van der Waals surface area contributed by atoms with Crippen molar-refractivity contribution < 1.29 is 9.52 Å². The molecular weight excluding hydrogens is 210 g/mol. The predicted octanol–water partition coefficient (Wildman–Crippen LogP) is 2.32. The molecule has 15 heavy (non-hydrogen) atoms. The van der Waals surface area contributed by atoms with Crippen LogP contribution in [0, 0.1) is 6.92 Å². The highest BCUT2D eigenvalue weighted by molar-refractivity contribution is 7.11. The van der Waals surface area contributed by atoms with E-state index in [0.717, 1.165) is 34.2 Å². The van der Waals surface area contributed by atoms with Crippen LogP contribution < -0.4 is 0 Å². The van der Waals surface area contributed by atoms with Crippen LogP contribution in [-0.2, 0) is 19.4 Å². The van der Waals surface area contributed by atoms with E-state index < -0.39 is 0 Å². The number of hydrogen-bond donors (Lipinski definition) is 1. The molecule has 4 heteroatoms. The minimum Gasteiger partial charge on any atom is -0.469 e. The van der Waals surface area contributed by atoms with Crippen molar-refractivity contribution in [3.8, 4) is 0 Å². The average molecular weight is 223 g/mol. The molecule has 0 atom stereocenters. The summed E-state index contributed by atoms with van der Waals surface area (Å²) >= 11 is 1.58. The normalized spacial score (nSPS) is 10.8. The average Bonchev–Trinajstić information content (AvgIpc) is 2.83. The highest BCUT2D eigenvalue weighted by atomic mass is 32.1. The molecule has 80 valence electrons. The van der Waals surface area contributed by atoms with Crippen molar-refractivity contribution in [3.05, 3.63) is 39.7 Å². The van der Waals surface area contributed by atoms with E-state index >= 15 is 0 Å². The smallest absolute Gasteiger partial charge is 0.104 e. The third kappa shape index (κ3) is 2.46. The van der Waals surface area contributed by atoms with Gasteiger partial charge < -0.3 is 9.52 Å². The van der Waals surface area contributed by atoms with E-state index in [1.807, 2.05) is 19.1 Å². The maximum atomic E-state index is 9.04. The van der Waals surface area contributed by atoms with Gasteiger partial charge >= 0.3 is 0 Å². The molecule has 1 N–H and O–H groups in total. The van der Waals surface area contributed by atoms with Gasteiger partial charge in [-0.3, -0.25) is 0 Å². The van der Waals surface area contributed by atoms with E-state index in [9.17, 15) is 0 Å². The monoisotopic (exact) mass is 223 g/mol. The third-order valence-corrected chi connectivity index (χ3v) is 3.45. The molecule has 0 saturated carbocycles. The lowest BCUT2D eigenvalue weighted by molar-refractivity contribution is 0.284. The highest BCUT2D eigenvalue weighted by Gasteiger charge is 2.07. The Balaban J connectivity index is 1.99. The van der Waals surface area contributed by atoms with Crippen LogP contribution in [0.25, 0.3) is 0 Å². The molecular formula is C11H13NO2S. The number of rotatable bonds is 4. The van der Waals surface area contributed by atoms with Gasteiger partial charge in [0.15, 0.2) is 0 Å². The maximum absolute atomic E-state index is 9.04. The van der Waals surface area contributed by atoms with Crippen molar-refractivity contribution in [2.24, 2.45) is 0 Å². The van der Waals surface area contributed by atoms with Crippen LogP contribution in [0.2, 0.25) is 0 Å². The molecule has 3 nitrogen and oxygen atoms in total. The summed E-state index contributed by atoms with van der Waals surface area (Å²) in [5.41, 5.74) is 0.942. The van der Waals surface area contributed by atoms with Gasteiger partial charge in [-0.25, -0.2) is 4.98 Å². The number of nitrogens with zero attached hydrogens (tertiary/aromatic N) is 1. The Morgan fingerprint density at radius 1 is 1.47 bits per heavy atom. The van der Waals surface area contributed by atoms with Crippen LogP contribution in [0.4, 0.5) is 0 Å². The SMILES string of the molecule is Cc1nc(CCc2ccco2)sc1CO. The number of aromatic nitrogens is 1. The molecule has 0 aromatic carbocycles. The van der Waals surface area contributed by atoms with Gasteiger partial charge in [-0.15, -0.1) is 11.3 Å². The number of thiazole rings is 1. The number of hydrogen-bond acceptors (Lipinski definition) is 4. The van der Waals surface area contributed by atoms with Gasteiger partial charge in [0.25, 0.3) is 0 Å². The molecule has 0 fully saturated rings. The van der Waals surface area contributed by atoms with Crippen molar-refractivity contribution in [1.29, 1.82) is 0 Å². The summed E-state index contributed by atoms with van der Waals surface area (Å²) in [5, 5.41) is 10.1. The van der Waals surface area contributed by atoms with Crippen LogP contribution >= 0.6 is 11.3 Å². The first-order chi connectivity index (χ1) is 7.29. The van der Waals surface area contributed by atoms with Gasteiger partial charge in [0.1, 0.15) is 5.76 Å². The lowest BCUT2D eigenvalue weighted by Crippen LogP contribution is -1.88. The lowest BCUT2D eigenvalue weighted by atomic mass is 10.2. The molecule has 0 amide bonds. The van der Waals surface area contributed by atoms with Crippen LogP contribution in [0.3, 0.4) is 0 Å². The highest BCUT2D eigenvalue weighted by Crippen LogP contribution is 2.19. The molecule has 0 aliphatic carbocycles. The number of furan rings is 1. The van der Waals surface area contributed by atoms with Crippen LogP contribution in [0.5, 0.6) is 0 Å². The second-order valence-corrected chi connectivity index (χ2v) is 4.52. The number of aliphatic hydroxyl groups excluding tert-OH is 1. The Morgan fingerprint density at radius 3 is 2.93 bits per heavy atom. The first-order valence-corrected chi connectivity index (χ1v) is 5.69. The predicted molar refractivity (Wildman–Crippen MR) is 58.9 cm³/mol. The van der Waals surface area contributed by atoms with Crippen molar-refractivity contribution in [3.63, 3.8) is 0 Å². The van der Waals surface area contributed by atoms with E-state index in [0.29, 0.717) is 0 Å². The van der Waals surface area contributed by atoms with E-state index in [-0.39, 0.29) is 6.61 Å². The topological polar surface area (TPSA) is 46.3 Å². The first kappa shape index (κ1) is 10.4. The van der Waals surface area contributed by atoms with Gasteiger partial charge in [0.05, 0.1) is 28.4 Å². The molecule has 0 unspecified atom stereocenters. The Bertz CT molecular complexity index is 420. The molecule has 0 spiro atoms. The van der Waals surface area contributed by atoms with Gasteiger partial charge in [0, 0.05) is 12.8 Å². The van der Waals surface area contributed by atoms with Gasteiger partial charge in [0.2, 0.25) is 0 Å². The van der Waals surface area contributed by atoms with E-state index in [2.05, 4.69) is 4.98 Å². The zero-order chi connectivity index (χ0) is 10.7. The van der Waals surface area contributed by atoms with Crippen molar-refractivity contribution in [1.82, 2.24) is 4.98 Å². The fourth-order valence-corrected chi connectivity index (χ4v) is 2.36. The summed E-state index contributed by atoms with van der Waals surface area (Å²) in [5.74, 6) is 0.980. The third-order valence-electron chi connectivity index (χ3n) is 2.25. The fourth-order valence-electron chi connectivity index (χ4n) is 1.43. The van der Waals surface area contributed by atoms with Gasteiger partial charge in [-0.1, -0.05) is 0 Å². The van der Waals surface area contributed by atoms with Gasteiger partial charge in [-0.05, 0) is 19.1 Å². The Morgan fingerprint density at radius 2 is 2.33 bits per heavy atom. The largest absolute Gasteiger partial charge is 0.469 e. The molecule has 2 aromatic heterocycles. The van der Waals surface area contributed by atoms with Crippen LogP contribution in [0.1, 0.15) is 21.3 Å². The second kappa shape index (κ2) is 4.59. The summed E-state index contributed by atoms with van der Waals surface area (Å²) in [6, 6.07) is 3.86. The summed E-state index contributed by atoms with van der Waals surface area (Å²) < 4.78 is 5.25. The lowest BCUT2D eigenvalue weighted by Gasteiger charge is -1.92. The molecule has 0 aliphatic heterocycles. The standard InChI is InChI=1S/C11H13NO2S/c1-8-10(7-13)15-11(12-8)5-4-9-3-2-6-14-9/h2-3,6,13H,4-5,7H2,1H3. The minimum atomic E-state index is 0.0876. The summed E-state index contributed by atoms with van der Waals surface area (Å²) in [7, 11) is 0. The van der Waals surface area contributed by atoms with Crippen molar-refractivity contribution in [2.75, 3.05) is 0 Å². The van der Waals surface area contributed by atoms with Crippen molar-refractivity contribution in [2.45, 2.75) is 26.4 Å². The molecule has 0 saturated heterocycles. The number of aliphatic hydroxyl groups is 1. The van der Waals surface area contributed by atoms with E-state index in [1.54, 1.807) is 17.6 Å². The maximum Gasteiger partial charge on any atom is 0.104 e. The summed E-state index contributed by atoms with van der Waals surface area (Å²) in [6.07, 6.45) is 3.42. The zero-order valence-corrected chi connectivity index (χ0v) is 9.38. The van der Waals surface area contributed by atoms with Crippen LogP contribution in [0.15, 0.2) is 22.8 Å². The molecule has 2 heterocycles. The molecule has 2 rings (SSSR count). The summed E-state index contributed by atoms with van der Waals surface area (Å²) in [6.45, 7) is 2.02. The quantitative estimate of drug-likeness (QED) is 0.865. The van der Waals surface area contributed by atoms with Gasteiger partial charge in [-0.2, -0.15) is 0 Å². The molecule has 0 radical (unpaired) electrons. The van der Waals surface area contributed by atoms with E-state index in [4.69, 9.17) is 9.52 Å². The molecule has 0 aliphatic rings. The van der Waals surface area contributed by atoms with Crippen molar-refractivity contribution >= 4 is 11.3 Å². The fraction of sp³-hybridized carbons (Fsp3) is 0.364. The summed E-state index contributed by atoms with van der Waals surface area (Å²) in [4.78, 5) is 5.36. The second-order valence-electron chi connectivity index (χ2n) is 3.35.